The van der Waals surface area contributed by atoms with E-state index in [1.54, 1.807) is 4.90 Å². The monoisotopic (exact) mass is 329 g/mol. The molecule has 0 saturated carbocycles. The molecule has 22 heavy (non-hydrogen) atoms. The fourth-order valence-electron chi connectivity index (χ4n) is 2.46. The summed E-state index contributed by atoms with van der Waals surface area (Å²) in [5.74, 6) is -0.201. The maximum Gasteiger partial charge on any atom is 0.401 e. The average molecular weight is 329 g/mol. The van der Waals surface area contributed by atoms with Gasteiger partial charge >= 0.3 is 6.18 Å². The normalized spacial score (nSPS) is 17.1. The van der Waals surface area contributed by atoms with Crippen molar-refractivity contribution in [3.63, 3.8) is 0 Å². The zero-order valence-electron chi connectivity index (χ0n) is 11.6. The van der Waals surface area contributed by atoms with Crippen LogP contribution in [-0.2, 0) is 0 Å². The molecule has 0 bridgehead atoms. The number of fused-ring (bicyclic) bond motifs is 1. The summed E-state index contributed by atoms with van der Waals surface area (Å²) >= 11 is 1.31. The van der Waals surface area contributed by atoms with Crippen LogP contribution in [0.3, 0.4) is 0 Å². The second kappa shape index (κ2) is 5.85. The summed E-state index contributed by atoms with van der Waals surface area (Å²) in [6, 6.07) is 7.46. The van der Waals surface area contributed by atoms with E-state index >= 15 is 0 Å². The maximum absolute atomic E-state index is 12.4. The van der Waals surface area contributed by atoms with Crippen LogP contribution < -0.4 is 0 Å². The molecule has 4 nitrogen and oxygen atoms in total. The van der Waals surface area contributed by atoms with E-state index in [1.165, 1.54) is 16.2 Å². The van der Waals surface area contributed by atoms with Crippen LogP contribution in [0.1, 0.15) is 9.80 Å². The summed E-state index contributed by atoms with van der Waals surface area (Å²) in [5, 5.41) is 0.394. The first-order chi connectivity index (χ1) is 10.4. The Hall–Kier alpha value is -1.67. The van der Waals surface area contributed by atoms with Crippen molar-refractivity contribution in [3.05, 3.63) is 29.3 Å². The first-order valence-electron chi connectivity index (χ1n) is 6.86. The molecule has 1 saturated heterocycles. The molecule has 1 amide bonds. The number of piperazine rings is 1. The molecule has 1 aliphatic heterocycles. The van der Waals surface area contributed by atoms with Crippen LogP contribution in [0, 0.1) is 0 Å². The molecule has 3 rings (SSSR count). The fourth-order valence-corrected chi connectivity index (χ4v) is 3.40. The number of hydrogen-bond acceptors (Lipinski definition) is 4. The molecule has 0 N–H and O–H groups in total. The number of nitrogens with zero attached hydrogens (tertiary/aromatic N) is 3. The Morgan fingerprint density at radius 3 is 2.50 bits per heavy atom. The summed E-state index contributed by atoms with van der Waals surface area (Å²) in [7, 11) is 0. The number of rotatable bonds is 2. The second-order valence-corrected chi connectivity index (χ2v) is 6.20. The summed E-state index contributed by atoms with van der Waals surface area (Å²) in [6.07, 6.45) is -4.20. The highest BCUT2D eigenvalue weighted by Crippen LogP contribution is 2.23. The van der Waals surface area contributed by atoms with Crippen molar-refractivity contribution < 1.29 is 18.0 Å². The van der Waals surface area contributed by atoms with Gasteiger partial charge in [0.25, 0.3) is 5.91 Å². The second-order valence-electron chi connectivity index (χ2n) is 5.17. The van der Waals surface area contributed by atoms with Crippen molar-refractivity contribution in [2.45, 2.75) is 6.18 Å². The lowest BCUT2D eigenvalue weighted by molar-refractivity contribution is -0.148. The molecule has 1 aromatic heterocycles. The van der Waals surface area contributed by atoms with Crippen LogP contribution in [0.15, 0.2) is 24.3 Å². The Morgan fingerprint density at radius 2 is 1.86 bits per heavy atom. The van der Waals surface area contributed by atoms with Crippen LogP contribution in [0.4, 0.5) is 13.2 Å². The van der Waals surface area contributed by atoms with Crippen molar-refractivity contribution >= 4 is 27.5 Å². The van der Waals surface area contributed by atoms with E-state index < -0.39 is 12.7 Å². The van der Waals surface area contributed by atoms with Gasteiger partial charge in [0.05, 0.1) is 16.8 Å². The third kappa shape index (κ3) is 3.38. The highest BCUT2D eigenvalue weighted by Gasteiger charge is 2.33. The van der Waals surface area contributed by atoms with Crippen molar-refractivity contribution in [3.8, 4) is 0 Å². The average Bonchev–Trinajstić information content (AvgIpc) is 2.89. The van der Waals surface area contributed by atoms with Crippen LogP contribution >= 0.6 is 11.3 Å². The van der Waals surface area contributed by atoms with Crippen molar-refractivity contribution in [1.29, 1.82) is 0 Å². The molecular formula is C14H14F3N3OS. The topological polar surface area (TPSA) is 36.4 Å². The number of carbonyl (C=O) groups is 1. The first kappa shape index (κ1) is 15.2. The van der Waals surface area contributed by atoms with E-state index in [4.69, 9.17) is 0 Å². The minimum Gasteiger partial charge on any atom is -0.334 e. The molecule has 0 atom stereocenters. The molecule has 0 aliphatic carbocycles. The van der Waals surface area contributed by atoms with E-state index in [1.807, 2.05) is 24.3 Å². The summed E-state index contributed by atoms with van der Waals surface area (Å²) in [5.41, 5.74) is 0.770. The van der Waals surface area contributed by atoms with Gasteiger partial charge in [0, 0.05) is 26.2 Å². The Bertz CT molecular complexity index is 644. The maximum atomic E-state index is 12.4. The predicted octanol–water partition coefficient (Wildman–Crippen LogP) is 2.62. The molecule has 0 spiro atoms. The molecule has 2 heterocycles. The zero-order chi connectivity index (χ0) is 15.7. The van der Waals surface area contributed by atoms with E-state index in [9.17, 15) is 18.0 Å². The van der Waals surface area contributed by atoms with Crippen molar-refractivity contribution in [2.24, 2.45) is 0 Å². The SMILES string of the molecule is O=C(c1nc2ccccc2s1)N1CCN(CC(F)(F)F)CC1. The van der Waals surface area contributed by atoms with Gasteiger partial charge in [-0.2, -0.15) is 13.2 Å². The minimum absolute atomic E-state index is 0.201. The number of benzene rings is 1. The molecule has 0 unspecified atom stereocenters. The number of para-hydroxylation sites is 1. The quantitative estimate of drug-likeness (QED) is 0.850. The van der Waals surface area contributed by atoms with Gasteiger partial charge in [-0.3, -0.25) is 9.69 Å². The van der Waals surface area contributed by atoms with E-state index in [2.05, 4.69) is 4.98 Å². The van der Waals surface area contributed by atoms with E-state index in [0.29, 0.717) is 18.1 Å². The standard InChI is InChI=1S/C14H14F3N3OS/c15-14(16,17)9-19-5-7-20(8-6-19)13(21)12-18-10-3-1-2-4-11(10)22-12/h1-4H,5-9H2. The fraction of sp³-hybridized carbons (Fsp3) is 0.429. The zero-order valence-corrected chi connectivity index (χ0v) is 12.5. The van der Waals surface area contributed by atoms with Gasteiger partial charge in [0.15, 0.2) is 5.01 Å². The Labute approximate surface area is 129 Å². The van der Waals surface area contributed by atoms with E-state index in [0.717, 1.165) is 10.2 Å². The lowest BCUT2D eigenvalue weighted by Crippen LogP contribution is -2.50. The Kier molecular flexibility index (Phi) is 4.05. The van der Waals surface area contributed by atoms with Gasteiger partial charge in [0.1, 0.15) is 0 Å². The number of carbonyl (C=O) groups excluding carboxylic acids is 1. The summed E-state index contributed by atoms with van der Waals surface area (Å²) in [6.45, 7) is 0.137. The highest BCUT2D eigenvalue weighted by atomic mass is 32.1. The van der Waals surface area contributed by atoms with E-state index in [-0.39, 0.29) is 19.0 Å². The third-order valence-electron chi connectivity index (χ3n) is 3.54. The van der Waals surface area contributed by atoms with Crippen molar-refractivity contribution in [2.75, 3.05) is 32.7 Å². The molecule has 2 aromatic rings. The van der Waals surface area contributed by atoms with Gasteiger partial charge in [-0.1, -0.05) is 12.1 Å². The molecule has 1 fully saturated rings. The van der Waals surface area contributed by atoms with Crippen LogP contribution in [-0.4, -0.2) is 59.6 Å². The molecule has 118 valence electrons. The minimum atomic E-state index is -4.20. The number of thiazole rings is 1. The number of hydrogen-bond donors (Lipinski definition) is 0. The lowest BCUT2D eigenvalue weighted by Gasteiger charge is -2.34. The molecule has 8 heteroatoms. The van der Waals surface area contributed by atoms with Gasteiger partial charge in [0.2, 0.25) is 0 Å². The van der Waals surface area contributed by atoms with Gasteiger partial charge in [-0.05, 0) is 12.1 Å². The predicted molar refractivity (Wildman–Crippen MR) is 78.0 cm³/mol. The Balaban J connectivity index is 1.64. The number of aromatic nitrogens is 1. The lowest BCUT2D eigenvalue weighted by atomic mass is 10.3. The highest BCUT2D eigenvalue weighted by molar-refractivity contribution is 7.20. The molecule has 0 radical (unpaired) electrons. The number of alkyl halides is 3. The van der Waals surface area contributed by atoms with Crippen LogP contribution in [0.2, 0.25) is 0 Å². The molecular weight excluding hydrogens is 315 g/mol. The first-order valence-corrected chi connectivity index (χ1v) is 7.68. The van der Waals surface area contributed by atoms with Gasteiger partial charge < -0.3 is 4.90 Å². The Morgan fingerprint density at radius 1 is 1.18 bits per heavy atom. The van der Waals surface area contributed by atoms with Gasteiger partial charge in [-0.25, -0.2) is 4.98 Å². The largest absolute Gasteiger partial charge is 0.401 e. The smallest absolute Gasteiger partial charge is 0.334 e. The number of halogens is 3. The summed E-state index contributed by atoms with van der Waals surface area (Å²) in [4.78, 5) is 19.6. The molecule has 1 aromatic carbocycles. The number of amides is 1. The van der Waals surface area contributed by atoms with Crippen molar-refractivity contribution in [1.82, 2.24) is 14.8 Å². The molecule has 1 aliphatic rings. The third-order valence-corrected chi connectivity index (χ3v) is 4.56. The van der Waals surface area contributed by atoms with Crippen LogP contribution in [0.25, 0.3) is 10.2 Å². The van der Waals surface area contributed by atoms with Crippen LogP contribution in [0.5, 0.6) is 0 Å². The van der Waals surface area contributed by atoms with Gasteiger partial charge in [-0.15, -0.1) is 11.3 Å². The summed E-state index contributed by atoms with van der Waals surface area (Å²) < 4.78 is 38.0.